The molecular weight excluding hydrogens is 276 g/mol. The molecule has 0 radical (unpaired) electrons. The number of aromatic amines is 1. The molecule has 2 rings (SSSR count). The van der Waals surface area contributed by atoms with Crippen LogP contribution < -0.4 is 5.73 Å². The van der Waals surface area contributed by atoms with Crippen molar-refractivity contribution in [2.45, 2.75) is 25.3 Å². The zero-order valence-corrected chi connectivity index (χ0v) is 12.5. The third kappa shape index (κ3) is 2.68. The van der Waals surface area contributed by atoms with Gasteiger partial charge in [-0.2, -0.15) is 9.40 Å². The minimum atomic E-state index is -3.58. The topological polar surface area (TPSA) is 92.1 Å². The highest BCUT2D eigenvalue weighted by molar-refractivity contribution is 7.89. The van der Waals surface area contributed by atoms with Crippen molar-refractivity contribution in [1.29, 1.82) is 0 Å². The molecule has 2 aromatic rings. The molecule has 0 spiro atoms. The van der Waals surface area contributed by atoms with E-state index in [1.165, 1.54) is 4.31 Å². The van der Waals surface area contributed by atoms with Crippen LogP contribution in [0.5, 0.6) is 0 Å². The summed E-state index contributed by atoms with van der Waals surface area (Å²) in [7, 11) is -2.04. The Labute approximate surface area is 118 Å². The molecule has 0 aliphatic rings. The van der Waals surface area contributed by atoms with Crippen molar-refractivity contribution in [3.05, 3.63) is 41.2 Å². The number of benzene rings is 1. The Morgan fingerprint density at radius 1 is 1.35 bits per heavy atom. The molecule has 1 aromatic carbocycles. The van der Waals surface area contributed by atoms with Gasteiger partial charge in [0.15, 0.2) is 0 Å². The molecule has 1 aromatic heterocycles. The van der Waals surface area contributed by atoms with Gasteiger partial charge in [-0.1, -0.05) is 0 Å². The van der Waals surface area contributed by atoms with E-state index in [4.69, 9.17) is 5.73 Å². The van der Waals surface area contributed by atoms with Gasteiger partial charge in [0.2, 0.25) is 10.0 Å². The SMILES string of the molecule is Cc1cc(N)c(C)c(S(=O)(=O)N(C)Cc2cn[nH]c2)c1. The molecule has 0 saturated carbocycles. The predicted molar refractivity (Wildman–Crippen MR) is 77.6 cm³/mol. The van der Waals surface area contributed by atoms with Crippen LogP contribution in [-0.4, -0.2) is 30.0 Å². The third-order valence-electron chi connectivity index (χ3n) is 3.19. The fourth-order valence-corrected chi connectivity index (χ4v) is 3.49. The summed E-state index contributed by atoms with van der Waals surface area (Å²) in [5.41, 5.74) is 8.54. The molecule has 20 heavy (non-hydrogen) atoms. The number of aryl methyl sites for hydroxylation is 1. The second-order valence-corrected chi connectivity index (χ2v) is 6.86. The highest BCUT2D eigenvalue weighted by atomic mass is 32.2. The minimum Gasteiger partial charge on any atom is -0.398 e. The van der Waals surface area contributed by atoms with Gasteiger partial charge < -0.3 is 5.73 Å². The number of rotatable bonds is 4. The van der Waals surface area contributed by atoms with E-state index in [9.17, 15) is 8.42 Å². The van der Waals surface area contributed by atoms with E-state index in [-0.39, 0.29) is 11.4 Å². The summed E-state index contributed by atoms with van der Waals surface area (Å²) in [6.07, 6.45) is 3.27. The minimum absolute atomic E-state index is 0.251. The highest BCUT2D eigenvalue weighted by Crippen LogP contribution is 2.26. The van der Waals surface area contributed by atoms with E-state index in [1.54, 1.807) is 38.5 Å². The molecule has 0 unspecified atom stereocenters. The molecule has 0 aliphatic heterocycles. The zero-order chi connectivity index (χ0) is 14.9. The lowest BCUT2D eigenvalue weighted by Gasteiger charge is -2.19. The smallest absolute Gasteiger partial charge is 0.243 e. The van der Waals surface area contributed by atoms with Gasteiger partial charge in [-0.25, -0.2) is 8.42 Å². The van der Waals surface area contributed by atoms with Crippen molar-refractivity contribution in [3.63, 3.8) is 0 Å². The lowest BCUT2D eigenvalue weighted by molar-refractivity contribution is 0.466. The molecule has 3 N–H and O–H groups in total. The molecule has 0 amide bonds. The number of nitrogens with zero attached hydrogens (tertiary/aromatic N) is 2. The number of nitrogens with one attached hydrogen (secondary N) is 1. The van der Waals surface area contributed by atoms with Crippen LogP contribution in [0, 0.1) is 13.8 Å². The average molecular weight is 294 g/mol. The largest absolute Gasteiger partial charge is 0.398 e. The lowest BCUT2D eigenvalue weighted by Crippen LogP contribution is -2.27. The van der Waals surface area contributed by atoms with Crippen LogP contribution in [0.4, 0.5) is 5.69 Å². The summed E-state index contributed by atoms with van der Waals surface area (Å²) in [6.45, 7) is 3.80. The Kier molecular flexibility index (Phi) is 3.82. The molecule has 7 heteroatoms. The van der Waals surface area contributed by atoms with E-state index >= 15 is 0 Å². The van der Waals surface area contributed by atoms with Crippen LogP contribution in [-0.2, 0) is 16.6 Å². The standard InChI is InChI=1S/C13H18N4O2S/c1-9-4-12(14)10(2)13(5-9)20(18,19)17(3)8-11-6-15-16-7-11/h4-7H,8,14H2,1-3H3,(H,15,16). The summed E-state index contributed by atoms with van der Waals surface area (Å²) >= 11 is 0. The molecular formula is C13H18N4O2S. The summed E-state index contributed by atoms with van der Waals surface area (Å²) in [4.78, 5) is 0.251. The highest BCUT2D eigenvalue weighted by Gasteiger charge is 2.24. The number of hydrogen-bond donors (Lipinski definition) is 2. The van der Waals surface area contributed by atoms with Gasteiger partial charge in [0, 0.05) is 31.0 Å². The first-order valence-corrected chi connectivity index (χ1v) is 7.57. The maximum Gasteiger partial charge on any atom is 0.243 e. The van der Waals surface area contributed by atoms with E-state index in [0.717, 1.165) is 11.1 Å². The van der Waals surface area contributed by atoms with Crippen molar-refractivity contribution in [2.24, 2.45) is 0 Å². The molecule has 6 nitrogen and oxygen atoms in total. The van der Waals surface area contributed by atoms with Crippen LogP contribution in [0.3, 0.4) is 0 Å². The van der Waals surface area contributed by atoms with Crippen LogP contribution in [0.1, 0.15) is 16.7 Å². The molecule has 0 saturated heterocycles. The lowest BCUT2D eigenvalue weighted by atomic mass is 10.1. The summed E-state index contributed by atoms with van der Waals surface area (Å²) in [5.74, 6) is 0. The summed E-state index contributed by atoms with van der Waals surface area (Å²) < 4.78 is 26.5. The van der Waals surface area contributed by atoms with Crippen molar-refractivity contribution in [2.75, 3.05) is 12.8 Å². The van der Waals surface area contributed by atoms with E-state index < -0.39 is 10.0 Å². The maximum absolute atomic E-state index is 12.6. The van der Waals surface area contributed by atoms with Gasteiger partial charge in [-0.15, -0.1) is 0 Å². The maximum atomic E-state index is 12.6. The average Bonchev–Trinajstić information content (AvgIpc) is 2.86. The van der Waals surface area contributed by atoms with Crippen molar-refractivity contribution in [3.8, 4) is 0 Å². The van der Waals surface area contributed by atoms with Crippen molar-refractivity contribution < 1.29 is 8.42 Å². The zero-order valence-electron chi connectivity index (χ0n) is 11.7. The van der Waals surface area contributed by atoms with Crippen LogP contribution >= 0.6 is 0 Å². The number of aromatic nitrogens is 2. The first-order valence-electron chi connectivity index (χ1n) is 6.13. The molecule has 1 heterocycles. The first-order chi connectivity index (χ1) is 9.32. The predicted octanol–water partition coefficient (Wildman–Crippen LogP) is 1.43. The quantitative estimate of drug-likeness (QED) is 0.834. The monoisotopic (exact) mass is 294 g/mol. The number of anilines is 1. The van der Waals surface area contributed by atoms with E-state index in [0.29, 0.717) is 11.3 Å². The van der Waals surface area contributed by atoms with Gasteiger partial charge >= 0.3 is 0 Å². The number of sulfonamides is 1. The summed E-state index contributed by atoms with van der Waals surface area (Å²) in [5, 5.41) is 6.47. The fraction of sp³-hybridized carbons (Fsp3) is 0.308. The Hall–Kier alpha value is -1.86. The first kappa shape index (κ1) is 14.5. The van der Waals surface area contributed by atoms with Gasteiger partial charge in [-0.05, 0) is 37.1 Å². The van der Waals surface area contributed by atoms with Gasteiger partial charge in [0.1, 0.15) is 0 Å². The molecule has 108 valence electrons. The Morgan fingerprint density at radius 2 is 2.05 bits per heavy atom. The van der Waals surface area contributed by atoms with Gasteiger partial charge in [0.05, 0.1) is 11.1 Å². The van der Waals surface area contributed by atoms with Crippen LogP contribution in [0.25, 0.3) is 0 Å². The van der Waals surface area contributed by atoms with Crippen LogP contribution in [0.15, 0.2) is 29.4 Å². The number of nitrogens with two attached hydrogens (primary N) is 1. The molecule has 0 atom stereocenters. The Bertz CT molecular complexity index is 708. The molecule has 0 aliphatic carbocycles. The Balaban J connectivity index is 2.40. The summed E-state index contributed by atoms with van der Waals surface area (Å²) in [6, 6.07) is 3.41. The van der Waals surface area contributed by atoms with Crippen molar-refractivity contribution in [1.82, 2.24) is 14.5 Å². The van der Waals surface area contributed by atoms with Crippen molar-refractivity contribution >= 4 is 15.7 Å². The second-order valence-electron chi connectivity index (χ2n) is 4.84. The normalized spacial score (nSPS) is 12.0. The number of hydrogen-bond acceptors (Lipinski definition) is 4. The van der Waals surface area contributed by atoms with E-state index in [1.807, 2.05) is 6.92 Å². The number of nitrogen functional groups attached to an aromatic ring is 1. The van der Waals surface area contributed by atoms with Crippen LogP contribution in [0.2, 0.25) is 0 Å². The second kappa shape index (κ2) is 5.26. The van der Waals surface area contributed by atoms with Gasteiger partial charge in [-0.3, -0.25) is 5.10 Å². The van der Waals surface area contributed by atoms with E-state index in [2.05, 4.69) is 10.2 Å². The third-order valence-corrected chi connectivity index (χ3v) is 5.12. The molecule has 0 fully saturated rings. The molecule has 0 bridgehead atoms. The fourth-order valence-electron chi connectivity index (χ4n) is 1.99. The van der Waals surface area contributed by atoms with Gasteiger partial charge in [0.25, 0.3) is 0 Å². The Morgan fingerprint density at radius 3 is 2.65 bits per heavy atom. The number of H-pyrrole nitrogens is 1.